The number of aliphatic hydroxyl groups is 1. The van der Waals surface area contributed by atoms with Gasteiger partial charge in [0.2, 0.25) is 0 Å². The fraction of sp³-hybridized carbons (Fsp3) is 0.500. The molecule has 0 fully saturated rings. The van der Waals surface area contributed by atoms with Crippen LogP contribution >= 0.6 is 23.2 Å². The van der Waals surface area contributed by atoms with E-state index in [0.29, 0.717) is 34.6 Å². The van der Waals surface area contributed by atoms with Crippen molar-refractivity contribution < 1.29 is 14.1 Å². The topological polar surface area (TPSA) is 58.6 Å². The summed E-state index contributed by atoms with van der Waals surface area (Å²) in [5.41, 5.74) is 0. The Morgan fingerprint density at radius 1 is 1.47 bits per heavy atom. The van der Waals surface area contributed by atoms with Gasteiger partial charge in [-0.1, -0.05) is 23.2 Å². The van der Waals surface area contributed by atoms with Gasteiger partial charge in [0, 0.05) is 40.9 Å². The third-order valence-corrected chi connectivity index (χ3v) is 3.58. The summed E-state index contributed by atoms with van der Waals surface area (Å²) in [7, 11) is -0.824. The molecule has 19 heavy (non-hydrogen) atoms. The van der Waals surface area contributed by atoms with Gasteiger partial charge < -0.3 is 15.2 Å². The maximum atomic E-state index is 10.8. The van der Waals surface area contributed by atoms with Crippen LogP contribution in [0.1, 0.15) is 0 Å². The Kier molecular flexibility index (Phi) is 7.71. The van der Waals surface area contributed by atoms with Crippen molar-refractivity contribution in [3.05, 3.63) is 28.2 Å². The van der Waals surface area contributed by atoms with Gasteiger partial charge in [0.1, 0.15) is 18.5 Å². The summed E-state index contributed by atoms with van der Waals surface area (Å²) in [5.74, 6) is 1.05. The summed E-state index contributed by atoms with van der Waals surface area (Å²) in [6.45, 7) is 1.11. The third-order valence-electron chi connectivity index (χ3n) is 2.27. The highest BCUT2D eigenvalue weighted by Crippen LogP contribution is 2.27. The Bertz CT molecular complexity index is 431. The minimum atomic E-state index is -0.824. The van der Waals surface area contributed by atoms with Crippen LogP contribution in [0, 0.1) is 0 Å². The zero-order chi connectivity index (χ0) is 14.3. The second-order valence-corrected chi connectivity index (χ2v) is 6.42. The van der Waals surface area contributed by atoms with Gasteiger partial charge in [0.15, 0.2) is 0 Å². The molecule has 0 aliphatic carbocycles. The molecular weight excluding hydrogens is 309 g/mol. The van der Waals surface area contributed by atoms with E-state index in [2.05, 4.69) is 5.32 Å². The highest BCUT2D eigenvalue weighted by atomic mass is 35.5. The third kappa shape index (κ3) is 7.13. The Hall–Kier alpha value is -0.330. The Morgan fingerprint density at radius 3 is 2.84 bits per heavy atom. The summed E-state index contributed by atoms with van der Waals surface area (Å²) in [5, 5.41) is 13.6. The predicted octanol–water partition coefficient (Wildman–Crippen LogP) is 1.70. The number of ether oxygens (including phenoxy) is 1. The maximum Gasteiger partial charge on any atom is 0.138 e. The molecule has 0 spiro atoms. The smallest absolute Gasteiger partial charge is 0.138 e. The van der Waals surface area contributed by atoms with Crippen LogP contribution in [0.25, 0.3) is 0 Å². The largest absolute Gasteiger partial charge is 0.489 e. The molecular formula is C12H17Cl2NO3S. The second kappa shape index (κ2) is 8.76. The molecule has 2 unspecified atom stereocenters. The van der Waals surface area contributed by atoms with Crippen molar-refractivity contribution in [3.63, 3.8) is 0 Å². The number of hydrogen-bond acceptors (Lipinski definition) is 4. The fourth-order valence-electron chi connectivity index (χ4n) is 1.32. The molecule has 4 nitrogen and oxygen atoms in total. The summed E-state index contributed by atoms with van der Waals surface area (Å²) in [6, 6.07) is 4.91. The van der Waals surface area contributed by atoms with E-state index in [1.807, 2.05) is 0 Å². The van der Waals surface area contributed by atoms with Crippen LogP contribution in [0.5, 0.6) is 5.75 Å². The van der Waals surface area contributed by atoms with Crippen molar-refractivity contribution in [3.8, 4) is 5.75 Å². The van der Waals surface area contributed by atoms with E-state index in [1.54, 1.807) is 24.5 Å². The quantitative estimate of drug-likeness (QED) is 0.714. The first-order chi connectivity index (χ1) is 8.99. The lowest BCUT2D eigenvalue weighted by Crippen LogP contribution is -2.33. The van der Waals surface area contributed by atoms with Crippen LogP contribution in [-0.2, 0) is 10.8 Å². The van der Waals surface area contributed by atoms with Crippen molar-refractivity contribution in [1.29, 1.82) is 0 Å². The van der Waals surface area contributed by atoms with Crippen molar-refractivity contribution in [1.82, 2.24) is 5.32 Å². The number of halogens is 2. The van der Waals surface area contributed by atoms with Crippen LogP contribution in [0.15, 0.2) is 18.2 Å². The molecule has 0 aliphatic heterocycles. The molecule has 0 aromatic heterocycles. The van der Waals surface area contributed by atoms with E-state index in [4.69, 9.17) is 27.9 Å². The van der Waals surface area contributed by atoms with Crippen molar-refractivity contribution >= 4 is 34.0 Å². The minimum Gasteiger partial charge on any atom is -0.489 e. The summed E-state index contributed by atoms with van der Waals surface area (Å²) in [6.07, 6.45) is 0.987. The van der Waals surface area contributed by atoms with Crippen LogP contribution in [0.3, 0.4) is 0 Å². The van der Waals surface area contributed by atoms with Gasteiger partial charge >= 0.3 is 0 Å². The average Bonchev–Trinajstić information content (AvgIpc) is 2.33. The summed E-state index contributed by atoms with van der Waals surface area (Å²) < 4.78 is 16.2. The van der Waals surface area contributed by atoms with Gasteiger partial charge in [-0.25, -0.2) is 0 Å². The van der Waals surface area contributed by atoms with E-state index < -0.39 is 16.9 Å². The molecule has 108 valence electrons. The molecule has 0 saturated heterocycles. The van der Waals surface area contributed by atoms with Crippen LogP contribution < -0.4 is 10.1 Å². The van der Waals surface area contributed by atoms with Crippen molar-refractivity contribution in [2.75, 3.05) is 31.7 Å². The molecule has 2 atom stereocenters. The van der Waals surface area contributed by atoms with Crippen molar-refractivity contribution in [2.45, 2.75) is 6.10 Å². The van der Waals surface area contributed by atoms with E-state index in [9.17, 15) is 9.32 Å². The van der Waals surface area contributed by atoms with Crippen LogP contribution in [0.2, 0.25) is 10.0 Å². The number of benzene rings is 1. The first-order valence-corrected chi connectivity index (χ1v) is 8.24. The lowest BCUT2D eigenvalue weighted by molar-refractivity contribution is 0.107. The normalized spacial score (nSPS) is 14.1. The molecule has 0 amide bonds. The summed E-state index contributed by atoms with van der Waals surface area (Å²) >= 11 is 11.7. The van der Waals surface area contributed by atoms with Gasteiger partial charge in [-0.15, -0.1) is 0 Å². The van der Waals surface area contributed by atoms with Gasteiger partial charge in [-0.2, -0.15) is 0 Å². The number of nitrogens with one attached hydrogen (secondary N) is 1. The molecule has 1 rings (SSSR count). The number of aliphatic hydroxyl groups excluding tert-OH is 1. The first-order valence-electron chi connectivity index (χ1n) is 5.75. The highest BCUT2D eigenvalue weighted by molar-refractivity contribution is 7.84. The molecule has 2 N–H and O–H groups in total. The molecule has 7 heteroatoms. The zero-order valence-electron chi connectivity index (χ0n) is 10.6. The Morgan fingerprint density at radius 2 is 2.21 bits per heavy atom. The zero-order valence-corrected chi connectivity index (χ0v) is 12.9. The molecule has 0 radical (unpaired) electrons. The van der Waals surface area contributed by atoms with E-state index >= 15 is 0 Å². The van der Waals surface area contributed by atoms with Crippen LogP contribution in [-0.4, -0.2) is 47.1 Å². The van der Waals surface area contributed by atoms with Gasteiger partial charge in [-0.05, 0) is 18.2 Å². The molecule has 0 saturated carbocycles. The lowest BCUT2D eigenvalue weighted by Gasteiger charge is -2.14. The Balaban J connectivity index is 2.26. The molecule has 0 bridgehead atoms. The first kappa shape index (κ1) is 16.7. The predicted molar refractivity (Wildman–Crippen MR) is 79.8 cm³/mol. The van der Waals surface area contributed by atoms with Gasteiger partial charge in [-0.3, -0.25) is 4.21 Å². The second-order valence-electron chi connectivity index (χ2n) is 4.02. The Labute approximate surface area is 125 Å². The fourth-order valence-corrected chi connectivity index (χ4v) is 2.22. The standard InChI is InChI=1S/C12H17Cl2NO3S/c1-19(17)5-4-15-7-10(16)8-18-12-3-2-9(13)6-11(12)14/h2-3,6,10,15-16H,4-5,7-8H2,1H3. The number of hydrogen-bond donors (Lipinski definition) is 2. The molecule has 0 heterocycles. The van der Waals surface area contributed by atoms with Crippen molar-refractivity contribution in [2.24, 2.45) is 0 Å². The van der Waals surface area contributed by atoms with Crippen LogP contribution in [0.4, 0.5) is 0 Å². The lowest BCUT2D eigenvalue weighted by atomic mass is 10.3. The monoisotopic (exact) mass is 325 g/mol. The maximum absolute atomic E-state index is 10.8. The molecule has 1 aromatic rings. The van der Waals surface area contributed by atoms with Gasteiger partial charge in [0.05, 0.1) is 5.02 Å². The molecule has 0 aliphatic rings. The molecule has 1 aromatic carbocycles. The van der Waals surface area contributed by atoms with Gasteiger partial charge in [0.25, 0.3) is 0 Å². The highest BCUT2D eigenvalue weighted by Gasteiger charge is 2.07. The number of rotatable bonds is 8. The average molecular weight is 326 g/mol. The van der Waals surface area contributed by atoms with E-state index in [1.165, 1.54) is 0 Å². The minimum absolute atomic E-state index is 0.129. The van der Waals surface area contributed by atoms with E-state index in [0.717, 1.165) is 0 Å². The SMILES string of the molecule is CS(=O)CCNCC(O)COc1ccc(Cl)cc1Cl. The summed E-state index contributed by atoms with van der Waals surface area (Å²) in [4.78, 5) is 0. The van der Waals surface area contributed by atoms with E-state index in [-0.39, 0.29) is 6.61 Å².